The largest absolute Gasteiger partial charge is 0.398 e. The Morgan fingerprint density at radius 1 is 0.963 bits per heavy atom. The number of para-hydroxylation sites is 1. The fourth-order valence-electron chi connectivity index (χ4n) is 3.70. The van der Waals surface area contributed by atoms with Crippen LogP contribution in [0, 0.1) is 20.8 Å². The number of aryl methyl sites for hydroxylation is 3. The summed E-state index contributed by atoms with van der Waals surface area (Å²) >= 11 is 0. The van der Waals surface area contributed by atoms with Crippen molar-refractivity contribution in [1.82, 2.24) is 9.21 Å². The van der Waals surface area contributed by atoms with E-state index in [1.807, 2.05) is 32.9 Å². The van der Waals surface area contributed by atoms with Crippen LogP contribution in [0.5, 0.6) is 0 Å². The van der Waals surface area contributed by atoms with Crippen molar-refractivity contribution in [3.05, 3.63) is 58.7 Å². The maximum absolute atomic E-state index is 13.1. The SMILES string of the molecule is Cc1cc(C)c(S(=O)(=O)N2CCN(C(=O)c3ccccc3N)CC2)c(C)c1. The molecular weight excluding hydrogens is 362 g/mol. The molecule has 0 spiro atoms. The minimum absolute atomic E-state index is 0.159. The van der Waals surface area contributed by atoms with Gasteiger partial charge in [-0.2, -0.15) is 4.31 Å². The Kier molecular flexibility index (Phi) is 5.26. The van der Waals surface area contributed by atoms with E-state index in [-0.39, 0.29) is 19.0 Å². The standard InChI is InChI=1S/C20H25N3O3S/c1-14-12-15(2)19(16(3)13-14)27(25,26)23-10-8-22(9-11-23)20(24)17-6-4-5-7-18(17)21/h4-7,12-13H,8-11,21H2,1-3H3. The van der Waals surface area contributed by atoms with Crippen molar-refractivity contribution in [2.45, 2.75) is 25.7 Å². The highest BCUT2D eigenvalue weighted by atomic mass is 32.2. The third kappa shape index (κ3) is 3.70. The number of amides is 1. The lowest BCUT2D eigenvalue weighted by molar-refractivity contribution is 0.0699. The summed E-state index contributed by atoms with van der Waals surface area (Å²) in [6, 6.07) is 10.7. The molecule has 3 rings (SSSR count). The first kappa shape index (κ1) is 19.4. The number of hydrogen-bond donors (Lipinski definition) is 1. The molecule has 1 heterocycles. The molecule has 0 aromatic heterocycles. The number of rotatable bonds is 3. The number of nitrogens with zero attached hydrogens (tertiary/aromatic N) is 2. The zero-order valence-electron chi connectivity index (χ0n) is 15.9. The van der Waals surface area contributed by atoms with Crippen LogP contribution in [0.2, 0.25) is 0 Å². The molecular formula is C20H25N3O3S. The normalized spacial score (nSPS) is 15.7. The smallest absolute Gasteiger partial charge is 0.256 e. The topological polar surface area (TPSA) is 83.7 Å². The molecule has 2 N–H and O–H groups in total. The van der Waals surface area contributed by atoms with E-state index in [0.29, 0.717) is 29.2 Å². The van der Waals surface area contributed by atoms with Crippen LogP contribution in [0.15, 0.2) is 41.3 Å². The number of nitrogens with two attached hydrogens (primary N) is 1. The van der Waals surface area contributed by atoms with Crippen molar-refractivity contribution in [3.63, 3.8) is 0 Å². The number of nitrogen functional groups attached to an aromatic ring is 1. The highest BCUT2D eigenvalue weighted by Crippen LogP contribution is 2.26. The Balaban J connectivity index is 1.78. The highest BCUT2D eigenvalue weighted by Gasteiger charge is 2.32. The lowest BCUT2D eigenvalue weighted by atomic mass is 10.1. The van der Waals surface area contributed by atoms with Gasteiger partial charge >= 0.3 is 0 Å². The maximum atomic E-state index is 13.1. The first-order valence-corrected chi connectivity index (χ1v) is 10.4. The number of carbonyl (C=O) groups is 1. The van der Waals surface area contributed by atoms with Gasteiger partial charge in [0, 0.05) is 31.9 Å². The average Bonchev–Trinajstić information content (AvgIpc) is 2.60. The molecule has 0 atom stereocenters. The quantitative estimate of drug-likeness (QED) is 0.820. The molecule has 6 nitrogen and oxygen atoms in total. The van der Waals surface area contributed by atoms with E-state index in [1.54, 1.807) is 29.2 Å². The predicted molar refractivity (Wildman–Crippen MR) is 106 cm³/mol. The van der Waals surface area contributed by atoms with Crippen LogP contribution >= 0.6 is 0 Å². The Morgan fingerprint density at radius 2 is 1.52 bits per heavy atom. The van der Waals surface area contributed by atoms with Crippen molar-refractivity contribution in [1.29, 1.82) is 0 Å². The summed E-state index contributed by atoms with van der Waals surface area (Å²) in [4.78, 5) is 14.7. The van der Waals surface area contributed by atoms with E-state index in [2.05, 4.69) is 0 Å². The summed E-state index contributed by atoms with van der Waals surface area (Å²) in [7, 11) is -3.59. The number of anilines is 1. The van der Waals surface area contributed by atoms with E-state index in [4.69, 9.17) is 5.73 Å². The molecule has 27 heavy (non-hydrogen) atoms. The van der Waals surface area contributed by atoms with Crippen molar-refractivity contribution in [3.8, 4) is 0 Å². The fraction of sp³-hybridized carbons (Fsp3) is 0.350. The minimum atomic E-state index is -3.59. The second-order valence-electron chi connectivity index (χ2n) is 7.01. The lowest BCUT2D eigenvalue weighted by Crippen LogP contribution is -2.50. The Bertz CT molecular complexity index is 955. The van der Waals surface area contributed by atoms with Crippen molar-refractivity contribution >= 4 is 21.6 Å². The van der Waals surface area contributed by atoms with Gasteiger partial charge in [-0.25, -0.2) is 8.42 Å². The maximum Gasteiger partial charge on any atom is 0.256 e. The molecule has 0 saturated carbocycles. The minimum Gasteiger partial charge on any atom is -0.398 e. The first-order valence-electron chi connectivity index (χ1n) is 8.93. The molecule has 7 heteroatoms. The third-order valence-corrected chi connectivity index (χ3v) is 7.12. The van der Waals surface area contributed by atoms with Crippen LogP contribution in [0.3, 0.4) is 0 Å². The third-order valence-electron chi connectivity index (χ3n) is 4.92. The van der Waals surface area contributed by atoms with Gasteiger partial charge in [-0.05, 0) is 44.0 Å². The number of hydrogen-bond acceptors (Lipinski definition) is 4. The zero-order chi connectivity index (χ0) is 19.8. The van der Waals surface area contributed by atoms with Crippen molar-refractivity contribution in [2.75, 3.05) is 31.9 Å². The fourth-order valence-corrected chi connectivity index (χ4v) is 5.53. The molecule has 0 unspecified atom stereocenters. The van der Waals surface area contributed by atoms with Gasteiger partial charge in [0.05, 0.1) is 10.5 Å². The highest BCUT2D eigenvalue weighted by molar-refractivity contribution is 7.89. The molecule has 144 valence electrons. The molecule has 1 saturated heterocycles. The Labute approximate surface area is 160 Å². The number of sulfonamides is 1. The van der Waals surface area contributed by atoms with E-state index < -0.39 is 10.0 Å². The average molecular weight is 388 g/mol. The van der Waals surface area contributed by atoms with Gasteiger partial charge in [0.15, 0.2) is 0 Å². The van der Waals surface area contributed by atoms with Gasteiger partial charge in [-0.3, -0.25) is 4.79 Å². The molecule has 1 fully saturated rings. The van der Waals surface area contributed by atoms with Crippen LogP contribution < -0.4 is 5.73 Å². The van der Waals surface area contributed by atoms with E-state index >= 15 is 0 Å². The molecule has 0 aliphatic carbocycles. The van der Waals surface area contributed by atoms with E-state index in [0.717, 1.165) is 16.7 Å². The molecule has 1 aliphatic heterocycles. The predicted octanol–water partition coefficient (Wildman–Crippen LogP) is 2.34. The van der Waals surface area contributed by atoms with Crippen molar-refractivity contribution in [2.24, 2.45) is 0 Å². The van der Waals surface area contributed by atoms with Crippen LogP contribution in [0.25, 0.3) is 0 Å². The second kappa shape index (κ2) is 7.32. The van der Waals surface area contributed by atoms with Crippen LogP contribution in [-0.2, 0) is 10.0 Å². The monoisotopic (exact) mass is 387 g/mol. The van der Waals surface area contributed by atoms with Gasteiger partial charge in [0.25, 0.3) is 5.91 Å². The van der Waals surface area contributed by atoms with Crippen LogP contribution in [-0.4, -0.2) is 49.7 Å². The van der Waals surface area contributed by atoms with E-state index in [9.17, 15) is 13.2 Å². The van der Waals surface area contributed by atoms with Crippen LogP contribution in [0.1, 0.15) is 27.0 Å². The number of piperazine rings is 1. The van der Waals surface area contributed by atoms with Gasteiger partial charge < -0.3 is 10.6 Å². The summed E-state index contributed by atoms with van der Waals surface area (Å²) < 4.78 is 27.8. The number of benzene rings is 2. The van der Waals surface area contributed by atoms with Crippen LogP contribution in [0.4, 0.5) is 5.69 Å². The number of carbonyl (C=O) groups excluding carboxylic acids is 1. The van der Waals surface area contributed by atoms with Gasteiger partial charge in [0.1, 0.15) is 0 Å². The summed E-state index contributed by atoms with van der Waals surface area (Å²) in [6.07, 6.45) is 0. The molecule has 0 radical (unpaired) electrons. The second-order valence-corrected chi connectivity index (χ2v) is 8.89. The van der Waals surface area contributed by atoms with Crippen molar-refractivity contribution < 1.29 is 13.2 Å². The summed E-state index contributed by atoms with van der Waals surface area (Å²) in [5.41, 5.74) is 9.33. The molecule has 1 amide bonds. The summed E-state index contributed by atoms with van der Waals surface area (Å²) in [5, 5.41) is 0. The molecule has 2 aromatic carbocycles. The Hall–Kier alpha value is -2.38. The summed E-state index contributed by atoms with van der Waals surface area (Å²) in [5.74, 6) is -0.159. The lowest BCUT2D eigenvalue weighted by Gasteiger charge is -2.34. The van der Waals surface area contributed by atoms with E-state index in [1.165, 1.54) is 4.31 Å². The molecule has 2 aromatic rings. The van der Waals surface area contributed by atoms with Gasteiger partial charge in [-0.15, -0.1) is 0 Å². The molecule has 1 aliphatic rings. The summed E-state index contributed by atoms with van der Waals surface area (Å²) in [6.45, 7) is 6.83. The van der Waals surface area contributed by atoms with Gasteiger partial charge in [0.2, 0.25) is 10.0 Å². The first-order chi connectivity index (χ1) is 12.7. The molecule has 0 bridgehead atoms. The zero-order valence-corrected chi connectivity index (χ0v) is 16.7. The Morgan fingerprint density at radius 3 is 2.07 bits per heavy atom. The van der Waals surface area contributed by atoms with Gasteiger partial charge in [-0.1, -0.05) is 29.8 Å².